The minimum absolute atomic E-state index is 0. The van der Waals surface area contributed by atoms with Crippen LogP contribution in [0.1, 0.15) is 18.2 Å². The molecule has 0 amide bonds. The van der Waals surface area contributed by atoms with E-state index in [-0.39, 0.29) is 58.6 Å². The Morgan fingerprint density at radius 1 is 1.20 bits per heavy atom. The molecular weight excluding hydrogens is 367 g/mol. The van der Waals surface area contributed by atoms with Crippen LogP contribution in [0.15, 0.2) is 23.5 Å². The quantitative estimate of drug-likeness (QED) is 0.590. The summed E-state index contributed by atoms with van der Waals surface area (Å²) in [4.78, 5) is 15.9. The summed E-state index contributed by atoms with van der Waals surface area (Å²) in [5, 5.41) is 0.367. The Hall–Kier alpha value is -0.844. The van der Waals surface area contributed by atoms with E-state index in [1.807, 2.05) is 13.8 Å². The second-order valence-corrected chi connectivity index (χ2v) is 6.67. The Balaban J connectivity index is 0.00000169. The number of methoxy groups -OCH3 is 2. The monoisotopic (exact) mass is 386 g/mol. The van der Waals surface area contributed by atoms with Gasteiger partial charge in [-0.25, -0.2) is 4.98 Å². The maximum absolute atomic E-state index is 12.7. The molecule has 25 heavy (non-hydrogen) atoms. The van der Waals surface area contributed by atoms with E-state index in [1.54, 1.807) is 32.5 Å². The molecular formula is C16H19KN4O3S. The molecule has 0 saturated carbocycles. The first-order chi connectivity index (χ1) is 11.5. The molecule has 1 atom stereocenters. The number of H-pyrrole nitrogens is 1. The summed E-state index contributed by atoms with van der Waals surface area (Å²) in [7, 11) is 1.79. The molecule has 0 bridgehead atoms. The third kappa shape index (κ3) is 4.29. The Morgan fingerprint density at radius 3 is 2.64 bits per heavy atom. The van der Waals surface area contributed by atoms with Crippen molar-refractivity contribution >= 4 is 22.0 Å². The first kappa shape index (κ1) is 20.5. The molecule has 9 heteroatoms. The van der Waals surface area contributed by atoms with Crippen LogP contribution in [0.4, 0.5) is 0 Å². The minimum Gasteiger partial charge on any atom is -1.00 e. The average molecular weight is 387 g/mol. The van der Waals surface area contributed by atoms with Gasteiger partial charge in [-0.2, -0.15) is 4.98 Å². The number of aryl methyl sites for hydroxylation is 1. The zero-order valence-corrected chi connectivity index (χ0v) is 18.9. The van der Waals surface area contributed by atoms with E-state index in [0.29, 0.717) is 22.2 Å². The van der Waals surface area contributed by atoms with Gasteiger partial charge in [0.2, 0.25) is 5.88 Å². The second kappa shape index (κ2) is 8.70. The van der Waals surface area contributed by atoms with Gasteiger partial charge in [0.05, 0.1) is 42.0 Å². The summed E-state index contributed by atoms with van der Waals surface area (Å²) < 4.78 is 23.1. The van der Waals surface area contributed by atoms with Crippen molar-refractivity contribution in [2.75, 3.05) is 14.2 Å². The van der Waals surface area contributed by atoms with Crippen LogP contribution in [-0.2, 0) is 16.6 Å². The molecule has 128 valence electrons. The standard InChI is InChI=1S/C16H18N4O3S.K.H/c1-9-7-17-12(10(2)14(9)23-4)8-24(21)16-18-11-5-6-13(22-3)19-15(11)20-16;;/h5-7H,8H2,1-4H3,(H,18,19,20);;/q;+1;-1/t24-;;/m1../s1. The molecule has 0 unspecified atom stereocenters. The number of aromatic amines is 1. The summed E-state index contributed by atoms with van der Waals surface area (Å²) in [5.41, 5.74) is 3.75. The van der Waals surface area contributed by atoms with Gasteiger partial charge >= 0.3 is 51.4 Å². The van der Waals surface area contributed by atoms with E-state index in [4.69, 9.17) is 9.47 Å². The number of imidazole rings is 1. The fourth-order valence-electron chi connectivity index (χ4n) is 2.48. The van der Waals surface area contributed by atoms with Crippen LogP contribution < -0.4 is 60.9 Å². The molecule has 0 fully saturated rings. The summed E-state index contributed by atoms with van der Waals surface area (Å²) in [5.74, 6) is 1.49. The van der Waals surface area contributed by atoms with Crippen molar-refractivity contribution < 1.29 is 66.5 Å². The predicted molar refractivity (Wildman–Crippen MR) is 91.9 cm³/mol. The van der Waals surface area contributed by atoms with E-state index >= 15 is 0 Å². The first-order valence-electron chi connectivity index (χ1n) is 7.31. The number of rotatable bonds is 5. The number of fused-ring (bicyclic) bond motifs is 1. The van der Waals surface area contributed by atoms with Crippen molar-refractivity contribution in [3.05, 3.63) is 35.2 Å². The fourth-order valence-corrected chi connectivity index (χ4v) is 3.57. The number of nitrogens with zero attached hydrogens (tertiary/aromatic N) is 3. The molecule has 0 aliphatic rings. The third-order valence-electron chi connectivity index (χ3n) is 3.74. The smallest absolute Gasteiger partial charge is 1.00 e. The molecule has 3 heterocycles. The molecule has 3 aromatic heterocycles. The van der Waals surface area contributed by atoms with Crippen molar-refractivity contribution in [2.45, 2.75) is 24.8 Å². The molecule has 3 aromatic rings. The normalized spacial score (nSPS) is 11.8. The zero-order valence-electron chi connectivity index (χ0n) is 15.9. The number of ether oxygens (including phenoxy) is 2. The summed E-state index contributed by atoms with van der Waals surface area (Å²) in [6.07, 6.45) is 1.73. The van der Waals surface area contributed by atoms with Gasteiger partial charge in [-0.15, -0.1) is 0 Å². The van der Waals surface area contributed by atoms with Crippen LogP contribution in [0.3, 0.4) is 0 Å². The first-order valence-corrected chi connectivity index (χ1v) is 8.63. The van der Waals surface area contributed by atoms with Crippen molar-refractivity contribution in [1.82, 2.24) is 19.9 Å². The van der Waals surface area contributed by atoms with Crippen LogP contribution in [0.5, 0.6) is 11.6 Å². The average Bonchev–Trinajstić information content (AvgIpc) is 3.01. The minimum atomic E-state index is -1.37. The van der Waals surface area contributed by atoms with E-state index < -0.39 is 10.8 Å². The van der Waals surface area contributed by atoms with Gasteiger partial charge in [-0.3, -0.25) is 9.19 Å². The van der Waals surface area contributed by atoms with E-state index in [0.717, 1.165) is 22.6 Å². The third-order valence-corrected chi connectivity index (χ3v) is 4.90. The van der Waals surface area contributed by atoms with Gasteiger partial charge in [0, 0.05) is 23.4 Å². The summed E-state index contributed by atoms with van der Waals surface area (Å²) >= 11 is 0. The maximum atomic E-state index is 12.7. The van der Waals surface area contributed by atoms with Crippen molar-refractivity contribution in [2.24, 2.45) is 0 Å². The van der Waals surface area contributed by atoms with E-state index in [1.165, 1.54) is 0 Å². The molecule has 0 spiro atoms. The van der Waals surface area contributed by atoms with Gasteiger partial charge < -0.3 is 15.9 Å². The number of nitrogens with one attached hydrogen (secondary N) is 1. The molecule has 0 aliphatic carbocycles. The van der Waals surface area contributed by atoms with Crippen LogP contribution >= 0.6 is 0 Å². The SMILES string of the molecule is COc1ccc2[nH]c([S@](=O)Cc3ncc(C)c(OC)c3C)nc2n1.[H-].[K+]. The van der Waals surface area contributed by atoms with Crippen LogP contribution in [0, 0.1) is 13.8 Å². The van der Waals surface area contributed by atoms with Crippen LogP contribution in [-0.4, -0.2) is 38.4 Å². The number of hydrogen-bond donors (Lipinski definition) is 1. The molecule has 0 aromatic carbocycles. The van der Waals surface area contributed by atoms with E-state index in [9.17, 15) is 4.21 Å². The number of pyridine rings is 2. The molecule has 7 nitrogen and oxygen atoms in total. The second-order valence-electron chi connectivity index (χ2n) is 5.30. The van der Waals surface area contributed by atoms with E-state index in [2.05, 4.69) is 19.9 Å². The summed E-state index contributed by atoms with van der Waals surface area (Å²) in [6.45, 7) is 3.84. The van der Waals surface area contributed by atoms with Crippen molar-refractivity contribution in [3.63, 3.8) is 0 Å². The number of hydrogen-bond acceptors (Lipinski definition) is 6. The molecule has 1 N–H and O–H groups in total. The Labute approximate surface area is 192 Å². The Morgan fingerprint density at radius 2 is 1.96 bits per heavy atom. The fraction of sp³-hybridized carbons (Fsp3) is 0.312. The van der Waals surface area contributed by atoms with Crippen molar-refractivity contribution in [3.8, 4) is 11.6 Å². The van der Waals surface area contributed by atoms with Gasteiger partial charge in [-0.1, -0.05) is 0 Å². The Kier molecular flexibility index (Phi) is 7.12. The summed E-state index contributed by atoms with van der Waals surface area (Å²) in [6, 6.07) is 3.52. The van der Waals surface area contributed by atoms with Gasteiger partial charge in [0.15, 0.2) is 10.8 Å². The molecule has 0 saturated heterocycles. The van der Waals surface area contributed by atoms with Crippen LogP contribution in [0.2, 0.25) is 0 Å². The zero-order chi connectivity index (χ0) is 17.3. The van der Waals surface area contributed by atoms with Gasteiger partial charge in [0.1, 0.15) is 5.75 Å². The number of aromatic nitrogens is 4. The molecule has 3 rings (SSSR count). The topological polar surface area (TPSA) is 90.0 Å². The van der Waals surface area contributed by atoms with Gasteiger partial charge in [0.25, 0.3) is 0 Å². The molecule has 0 aliphatic heterocycles. The van der Waals surface area contributed by atoms with Gasteiger partial charge in [-0.05, 0) is 19.9 Å². The largest absolute Gasteiger partial charge is 1.00 e. The Bertz CT molecular complexity index is 935. The maximum Gasteiger partial charge on any atom is 1.00 e. The van der Waals surface area contributed by atoms with Crippen LogP contribution in [0.25, 0.3) is 11.2 Å². The van der Waals surface area contributed by atoms with Crippen molar-refractivity contribution in [1.29, 1.82) is 0 Å². The predicted octanol–water partition coefficient (Wildman–Crippen LogP) is -0.589. The molecule has 0 radical (unpaired) electrons.